The third-order valence-electron chi connectivity index (χ3n) is 3.97. The molecule has 1 heterocycles. The number of carbonyl (C=O) groups excluding carboxylic acids is 1. The molecule has 0 bridgehead atoms. The van der Waals surface area contributed by atoms with Gasteiger partial charge >= 0.3 is 0 Å². The Labute approximate surface area is 128 Å². The van der Waals surface area contributed by atoms with Crippen LogP contribution in [0.4, 0.5) is 0 Å². The van der Waals surface area contributed by atoms with Crippen LogP contribution in [0.25, 0.3) is 21.7 Å². The molecule has 0 radical (unpaired) electrons. The molecule has 0 aliphatic heterocycles. The van der Waals surface area contributed by atoms with Crippen LogP contribution in [0.15, 0.2) is 71.1 Å². The average molecular weight is 286 g/mol. The zero-order chi connectivity index (χ0) is 14.9. The number of furan rings is 1. The molecule has 0 atom stereocenters. The van der Waals surface area contributed by atoms with Crippen LogP contribution < -0.4 is 0 Å². The molecule has 0 amide bonds. The van der Waals surface area contributed by atoms with Gasteiger partial charge in [0, 0.05) is 17.4 Å². The minimum Gasteiger partial charge on any atom is -0.461 e. The molecular weight excluding hydrogens is 272 g/mol. The second-order valence-corrected chi connectivity index (χ2v) is 5.44. The SMILES string of the molecule is O=Cc1ccc2oc(Cc3cccc4ccccc34)cc2c1. The largest absolute Gasteiger partial charge is 0.461 e. The van der Waals surface area contributed by atoms with Crippen molar-refractivity contribution >= 4 is 28.0 Å². The number of rotatable bonds is 3. The maximum atomic E-state index is 10.9. The van der Waals surface area contributed by atoms with Crippen LogP contribution in [-0.4, -0.2) is 6.29 Å². The average Bonchev–Trinajstić information content (AvgIpc) is 2.96. The molecule has 0 saturated carbocycles. The van der Waals surface area contributed by atoms with Crippen LogP contribution in [0.1, 0.15) is 21.7 Å². The number of benzene rings is 3. The van der Waals surface area contributed by atoms with Gasteiger partial charge in [0.15, 0.2) is 0 Å². The van der Waals surface area contributed by atoms with E-state index >= 15 is 0 Å². The number of hydrogen-bond donors (Lipinski definition) is 0. The van der Waals surface area contributed by atoms with E-state index in [4.69, 9.17) is 4.42 Å². The van der Waals surface area contributed by atoms with Gasteiger partial charge in [-0.15, -0.1) is 0 Å². The summed E-state index contributed by atoms with van der Waals surface area (Å²) in [6, 6.07) is 22.2. The lowest BCUT2D eigenvalue weighted by Crippen LogP contribution is -1.87. The molecule has 0 saturated heterocycles. The maximum Gasteiger partial charge on any atom is 0.150 e. The van der Waals surface area contributed by atoms with Crippen LogP contribution in [0.5, 0.6) is 0 Å². The normalized spacial score (nSPS) is 11.1. The Kier molecular flexibility index (Phi) is 3.01. The van der Waals surface area contributed by atoms with Crippen molar-refractivity contribution in [2.24, 2.45) is 0 Å². The predicted molar refractivity (Wildman–Crippen MR) is 88.4 cm³/mol. The monoisotopic (exact) mass is 286 g/mol. The highest BCUT2D eigenvalue weighted by atomic mass is 16.3. The summed E-state index contributed by atoms with van der Waals surface area (Å²) in [6.07, 6.45) is 1.60. The summed E-state index contributed by atoms with van der Waals surface area (Å²) in [5.74, 6) is 0.911. The number of hydrogen-bond acceptors (Lipinski definition) is 2. The molecule has 0 N–H and O–H groups in total. The number of carbonyl (C=O) groups is 1. The quantitative estimate of drug-likeness (QED) is 0.497. The van der Waals surface area contributed by atoms with Crippen LogP contribution in [0.3, 0.4) is 0 Å². The van der Waals surface area contributed by atoms with Gasteiger partial charge in [-0.25, -0.2) is 0 Å². The van der Waals surface area contributed by atoms with Crippen molar-refractivity contribution < 1.29 is 9.21 Å². The molecule has 106 valence electrons. The van der Waals surface area contributed by atoms with E-state index < -0.39 is 0 Å². The lowest BCUT2D eigenvalue weighted by molar-refractivity contribution is 0.112. The number of fused-ring (bicyclic) bond motifs is 2. The van der Waals surface area contributed by atoms with E-state index in [0.717, 1.165) is 29.4 Å². The molecule has 2 heteroatoms. The van der Waals surface area contributed by atoms with Crippen LogP contribution in [-0.2, 0) is 6.42 Å². The first-order valence-electron chi connectivity index (χ1n) is 7.28. The zero-order valence-electron chi connectivity index (χ0n) is 12.0. The first kappa shape index (κ1) is 12.8. The van der Waals surface area contributed by atoms with Gasteiger partial charge in [0.1, 0.15) is 17.6 Å². The molecule has 0 aliphatic carbocycles. The molecule has 0 unspecified atom stereocenters. The Balaban J connectivity index is 1.77. The van der Waals surface area contributed by atoms with Crippen molar-refractivity contribution in [2.45, 2.75) is 6.42 Å². The summed E-state index contributed by atoms with van der Waals surface area (Å²) < 4.78 is 5.90. The van der Waals surface area contributed by atoms with E-state index in [0.29, 0.717) is 5.56 Å². The van der Waals surface area contributed by atoms with Gasteiger partial charge in [-0.2, -0.15) is 0 Å². The van der Waals surface area contributed by atoms with Crippen molar-refractivity contribution in [3.63, 3.8) is 0 Å². The summed E-state index contributed by atoms with van der Waals surface area (Å²) in [7, 11) is 0. The van der Waals surface area contributed by atoms with Gasteiger partial charge in [0.05, 0.1) is 0 Å². The molecule has 22 heavy (non-hydrogen) atoms. The fourth-order valence-corrected chi connectivity index (χ4v) is 2.91. The summed E-state index contributed by atoms with van der Waals surface area (Å²) in [4.78, 5) is 10.9. The van der Waals surface area contributed by atoms with E-state index in [9.17, 15) is 4.79 Å². The Hall–Kier alpha value is -2.87. The molecule has 3 aromatic carbocycles. The van der Waals surface area contributed by atoms with Crippen LogP contribution in [0, 0.1) is 0 Å². The molecule has 0 aliphatic rings. The van der Waals surface area contributed by atoms with Gasteiger partial charge in [-0.05, 0) is 40.6 Å². The fourth-order valence-electron chi connectivity index (χ4n) is 2.91. The van der Waals surface area contributed by atoms with Crippen molar-refractivity contribution in [1.82, 2.24) is 0 Å². The van der Waals surface area contributed by atoms with E-state index in [-0.39, 0.29) is 0 Å². The Morgan fingerprint density at radius 2 is 1.73 bits per heavy atom. The lowest BCUT2D eigenvalue weighted by Gasteiger charge is -2.04. The van der Waals surface area contributed by atoms with E-state index in [1.165, 1.54) is 16.3 Å². The third kappa shape index (κ3) is 2.19. The minimum atomic E-state index is 0.671. The van der Waals surface area contributed by atoms with Gasteiger partial charge in [0.25, 0.3) is 0 Å². The highest BCUT2D eigenvalue weighted by Crippen LogP contribution is 2.25. The molecule has 0 fully saturated rings. The Bertz CT molecular complexity index is 974. The number of aldehydes is 1. The Morgan fingerprint density at radius 1 is 0.864 bits per heavy atom. The lowest BCUT2D eigenvalue weighted by atomic mass is 10.0. The van der Waals surface area contributed by atoms with Crippen molar-refractivity contribution in [2.75, 3.05) is 0 Å². The zero-order valence-corrected chi connectivity index (χ0v) is 12.0. The first-order valence-corrected chi connectivity index (χ1v) is 7.28. The van der Waals surface area contributed by atoms with Crippen LogP contribution >= 0.6 is 0 Å². The minimum absolute atomic E-state index is 0.671. The summed E-state index contributed by atoms with van der Waals surface area (Å²) >= 11 is 0. The molecule has 0 spiro atoms. The van der Waals surface area contributed by atoms with Gasteiger partial charge in [0.2, 0.25) is 0 Å². The van der Waals surface area contributed by atoms with Gasteiger partial charge in [-0.3, -0.25) is 4.79 Å². The van der Waals surface area contributed by atoms with Gasteiger partial charge < -0.3 is 4.42 Å². The predicted octanol–water partition coefficient (Wildman–Crippen LogP) is 4.99. The summed E-state index contributed by atoms with van der Waals surface area (Å²) in [6.45, 7) is 0. The summed E-state index contributed by atoms with van der Waals surface area (Å²) in [5.41, 5.74) is 2.73. The standard InChI is InChI=1S/C20H14O2/c21-13-14-8-9-20-17(10-14)12-18(22-20)11-16-6-3-5-15-4-1-2-7-19(15)16/h1-10,12-13H,11H2. The first-order chi connectivity index (χ1) is 10.8. The maximum absolute atomic E-state index is 10.9. The molecule has 1 aromatic heterocycles. The highest BCUT2D eigenvalue weighted by molar-refractivity contribution is 5.87. The van der Waals surface area contributed by atoms with Crippen molar-refractivity contribution in [3.8, 4) is 0 Å². The highest BCUT2D eigenvalue weighted by Gasteiger charge is 2.07. The molecular formula is C20H14O2. The van der Waals surface area contributed by atoms with E-state index in [2.05, 4.69) is 36.4 Å². The van der Waals surface area contributed by atoms with Crippen LogP contribution in [0.2, 0.25) is 0 Å². The topological polar surface area (TPSA) is 30.2 Å². The molecule has 4 aromatic rings. The molecule has 4 rings (SSSR count). The van der Waals surface area contributed by atoms with Gasteiger partial charge in [-0.1, -0.05) is 42.5 Å². The smallest absolute Gasteiger partial charge is 0.150 e. The van der Waals surface area contributed by atoms with E-state index in [1.54, 1.807) is 6.07 Å². The van der Waals surface area contributed by atoms with E-state index in [1.807, 2.05) is 24.3 Å². The fraction of sp³-hybridized carbons (Fsp3) is 0.0500. The Morgan fingerprint density at radius 3 is 2.64 bits per heavy atom. The second-order valence-electron chi connectivity index (χ2n) is 5.44. The van der Waals surface area contributed by atoms with Crippen molar-refractivity contribution in [1.29, 1.82) is 0 Å². The molecule has 2 nitrogen and oxygen atoms in total. The third-order valence-corrected chi connectivity index (χ3v) is 3.97. The summed E-state index contributed by atoms with van der Waals surface area (Å²) in [5, 5.41) is 3.46. The van der Waals surface area contributed by atoms with Crippen molar-refractivity contribution in [3.05, 3.63) is 83.6 Å². The second kappa shape index (κ2) is 5.15.